The van der Waals surface area contributed by atoms with Crippen molar-refractivity contribution in [2.75, 3.05) is 49.5 Å². The first-order valence-electron chi connectivity index (χ1n) is 9.52. The molecule has 2 aromatic carbocycles. The average molecular weight is 353 g/mol. The largest absolute Gasteiger partial charge is 0.360 e. The summed E-state index contributed by atoms with van der Waals surface area (Å²) in [6.07, 6.45) is 1.09. The third kappa shape index (κ3) is 5.23. The van der Waals surface area contributed by atoms with Crippen molar-refractivity contribution in [1.82, 2.24) is 5.32 Å². The van der Waals surface area contributed by atoms with E-state index in [9.17, 15) is 4.79 Å². The van der Waals surface area contributed by atoms with E-state index in [0.29, 0.717) is 6.54 Å². The van der Waals surface area contributed by atoms with Crippen molar-refractivity contribution in [2.45, 2.75) is 13.3 Å². The van der Waals surface area contributed by atoms with Crippen LogP contribution in [0.5, 0.6) is 0 Å². The van der Waals surface area contributed by atoms with E-state index in [1.54, 1.807) is 4.90 Å². The molecule has 3 rings (SSSR count). The van der Waals surface area contributed by atoms with Gasteiger partial charge in [-0.1, -0.05) is 37.3 Å². The van der Waals surface area contributed by atoms with Gasteiger partial charge >= 0.3 is 6.03 Å². The first-order chi connectivity index (χ1) is 12.7. The van der Waals surface area contributed by atoms with E-state index in [1.807, 2.05) is 30.3 Å². The molecular formula is C21H29N4O+. The third-order valence-electron chi connectivity index (χ3n) is 4.98. The van der Waals surface area contributed by atoms with Crippen LogP contribution in [0.15, 0.2) is 54.6 Å². The molecule has 1 aliphatic rings. The van der Waals surface area contributed by atoms with Crippen molar-refractivity contribution < 1.29 is 9.69 Å². The van der Waals surface area contributed by atoms with Crippen LogP contribution in [0.4, 0.5) is 16.2 Å². The van der Waals surface area contributed by atoms with E-state index in [2.05, 4.69) is 46.7 Å². The van der Waals surface area contributed by atoms with Gasteiger partial charge in [-0.05, 0) is 36.2 Å². The summed E-state index contributed by atoms with van der Waals surface area (Å²) in [5, 5.41) is 5.80. The van der Waals surface area contributed by atoms with Crippen molar-refractivity contribution in [3.8, 4) is 0 Å². The average Bonchev–Trinajstić information content (AvgIpc) is 2.69. The first kappa shape index (κ1) is 18.3. The Morgan fingerprint density at radius 1 is 1.04 bits per heavy atom. The van der Waals surface area contributed by atoms with E-state index in [1.165, 1.54) is 11.3 Å². The lowest BCUT2D eigenvalue weighted by atomic mass is 10.1. The number of nitrogens with zero attached hydrogens (tertiary/aromatic N) is 1. The van der Waals surface area contributed by atoms with Gasteiger partial charge in [0.25, 0.3) is 0 Å². The number of urea groups is 1. The van der Waals surface area contributed by atoms with Crippen molar-refractivity contribution >= 4 is 17.4 Å². The predicted octanol–water partition coefficient (Wildman–Crippen LogP) is 1.78. The van der Waals surface area contributed by atoms with Crippen LogP contribution in [-0.4, -0.2) is 45.3 Å². The predicted molar refractivity (Wildman–Crippen MR) is 107 cm³/mol. The number of nitrogens with one attached hydrogen (secondary N) is 3. The number of hydrogen-bond acceptors (Lipinski definition) is 2. The summed E-state index contributed by atoms with van der Waals surface area (Å²) in [7, 11) is 0. The molecule has 0 unspecified atom stereocenters. The van der Waals surface area contributed by atoms with Crippen LogP contribution < -0.4 is 20.4 Å². The smallest absolute Gasteiger partial charge is 0.319 e. The number of piperazine rings is 1. The molecule has 1 fully saturated rings. The van der Waals surface area contributed by atoms with Crippen molar-refractivity contribution in [1.29, 1.82) is 0 Å². The lowest BCUT2D eigenvalue weighted by Gasteiger charge is -2.33. The van der Waals surface area contributed by atoms with Crippen molar-refractivity contribution in [3.05, 3.63) is 60.2 Å². The van der Waals surface area contributed by atoms with Gasteiger partial charge in [0.1, 0.15) is 0 Å². The lowest BCUT2D eigenvalue weighted by molar-refractivity contribution is -0.899. The zero-order valence-electron chi connectivity index (χ0n) is 15.5. The highest BCUT2D eigenvalue weighted by molar-refractivity contribution is 5.89. The zero-order valence-corrected chi connectivity index (χ0v) is 15.5. The topological polar surface area (TPSA) is 48.8 Å². The molecule has 0 atom stereocenters. The van der Waals surface area contributed by atoms with Gasteiger partial charge < -0.3 is 20.4 Å². The Balaban J connectivity index is 1.35. The number of benzene rings is 2. The fraction of sp³-hybridized carbons (Fsp3) is 0.381. The monoisotopic (exact) mass is 353 g/mol. The van der Waals surface area contributed by atoms with E-state index in [-0.39, 0.29) is 6.03 Å². The minimum absolute atomic E-state index is 0.134. The summed E-state index contributed by atoms with van der Waals surface area (Å²) in [6, 6.07) is 18.3. The van der Waals surface area contributed by atoms with Crippen LogP contribution >= 0.6 is 0 Å². The van der Waals surface area contributed by atoms with Crippen molar-refractivity contribution in [2.24, 2.45) is 0 Å². The van der Waals surface area contributed by atoms with Crippen LogP contribution in [-0.2, 0) is 6.42 Å². The number of hydrogen-bond donors (Lipinski definition) is 3. The number of carbonyl (C=O) groups excluding carboxylic acids is 1. The zero-order chi connectivity index (χ0) is 18.2. The standard InChI is InChI=1S/C21H28N4O/c1-2-18-8-10-20(11-9-18)25-16-14-24(15-17-25)13-12-22-21(26)23-19-6-4-3-5-7-19/h3-11H,2,12-17H2,1H3,(H2,22,23,26)/p+1. The summed E-state index contributed by atoms with van der Waals surface area (Å²) in [5.74, 6) is 0. The highest BCUT2D eigenvalue weighted by atomic mass is 16.2. The molecule has 1 heterocycles. The molecule has 0 spiro atoms. The molecular weight excluding hydrogens is 324 g/mol. The Labute approximate surface area is 156 Å². The van der Waals surface area contributed by atoms with Gasteiger partial charge in [0.2, 0.25) is 0 Å². The number of aryl methyl sites for hydroxylation is 1. The van der Waals surface area contributed by atoms with Gasteiger partial charge in [-0.3, -0.25) is 0 Å². The van der Waals surface area contributed by atoms with Gasteiger partial charge in [0.15, 0.2) is 0 Å². The van der Waals surface area contributed by atoms with Gasteiger partial charge in [0, 0.05) is 11.4 Å². The maximum Gasteiger partial charge on any atom is 0.319 e. The molecule has 2 aromatic rings. The van der Waals surface area contributed by atoms with Gasteiger partial charge in [-0.25, -0.2) is 4.79 Å². The van der Waals surface area contributed by atoms with E-state index in [0.717, 1.165) is 44.8 Å². The van der Waals surface area contributed by atoms with E-state index < -0.39 is 0 Å². The second kappa shape index (κ2) is 9.25. The fourth-order valence-corrected chi connectivity index (χ4v) is 3.32. The highest BCUT2D eigenvalue weighted by Crippen LogP contribution is 2.15. The Morgan fingerprint density at radius 2 is 1.73 bits per heavy atom. The number of anilines is 2. The number of carbonyl (C=O) groups is 1. The summed E-state index contributed by atoms with van der Waals surface area (Å²) in [6.45, 7) is 8.19. The minimum atomic E-state index is -0.134. The molecule has 0 radical (unpaired) electrons. The first-order valence-corrected chi connectivity index (χ1v) is 9.52. The molecule has 0 saturated carbocycles. The summed E-state index contributed by atoms with van der Waals surface area (Å²) < 4.78 is 0. The number of para-hydroxylation sites is 1. The maximum atomic E-state index is 11.9. The SMILES string of the molecule is CCc1ccc(N2CC[NH+](CCNC(=O)Nc3ccccc3)CC2)cc1. The maximum absolute atomic E-state index is 11.9. The number of quaternary nitrogens is 1. The molecule has 0 aromatic heterocycles. The molecule has 1 aliphatic heterocycles. The van der Waals surface area contributed by atoms with Gasteiger partial charge in [-0.2, -0.15) is 0 Å². The minimum Gasteiger partial charge on any atom is -0.360 e. The van der Waals surface area contributed by atoms with E-state index in [4.69, 9.17) is 0 Å². The molecule has 26 heavy (non-hydrogen) atoms. The van der Waals surface area contributed by atoms with Crippen LogP contribution in [0.25, 0.3) is 0 Å². The van der Waals surface area contributed by atoms with Gasteiger partial charge in [-0.15, -0.1) is 0 Å². The molecule has 138 valence electrons. The normalized spacial score (nSPS) is 14.9. The fourth-order valence-electron chi connectivity index (χ4n) is 3.32. The van der Waals surface area contributed by atoms with Crippen molar-refractivity contribution in [3.63, 3.8) is 0 Å². The summed E-state index contributed by atoms with van der Waals surface area (Å²) in [4.78, 5) is 15.9. The lowest BCUT2D eigenvalue weighted by Crippen LogP contribution is -3.15. The second-order valence-corrected chi connectivity index (χ2v) is 6.75. The second-order valence-electron chi connectivity index (χ2n) is 6.75. The van der Waals surface area contributed by atoms with Crippen LogP contribution in [0.3, 0.4) is 0 Å². The molecule has 5 nitrogen and oxygen atoms in total. The summed E-state index contributed by atoms with van der Waals surface area (Å²) >= 11 is 0. The molecule has 2 amide bonds. The van der Waals surface area contributed by atoms with E-state index >= 15 is 0 Å². The Morgan fingerprint density at radius 3 is 2.38 bits per heavy atom. The van der Waals surface area contributed by atoms with Crippen LogP contribution in [0.1, 0.15) is 12.5 Å². The van der Waals surface area contributed by atoms with Gasteiger partial charge in [0.05, 0.1) is 39.3 Å². The number of rotatable bonds is 6. The number of amides is 2. The third-order valence-corrected chi connectivity index (χ3v) is 4.98. The highest BCUT2D eigenvalue weighted by Gasteiger charge is 2.19. The molecule has 5 heteroatoms. The van der Waals surface area contributed by atoms with Crippen LogP contribution in [0, 0.1) is 0 Å². The Kier molecular flexibility index (Phi) is 6.50. The molecule has 0 aliphatic carbocycles. The molecule has 3 N–H and O–H groups in total. The Hall–Kier alpha value is -2.53. The quantitative estimate of drug-likeness (QED) is 0.741. The summed E-state index contributed by atoms with van der Waals surface area (Å²) in [5.41, 5.74) is 3.53. The molecule has 1 saturated heterocycles. The Bertz CT molecular complexity index is 679. The molecule has 0 bridgehead atoms. The van der Waals surface area contributed by atoms with Crippen LogP contribution in [0.2, 0.25) is 0 Å².